The number of halogens is 1. The zero-order valence-corrected chi connectivity index (χ0v) is 21.6. The lowest BCUT2D eigenvalue weighted by Gasteiger charge is -2.36. The average molecular weight is 495 g/mol. The summed E-state index contributed by atoms with van der Waals surface area (Å²) in [5, 5.41) is 0. The molecular weight excluding hydrogens is 460 g/mol. The summed E-state index contributed by atoms with van der Waals surface area (Å²) in [7, 11) is -0.0527. The van der Waals surface area contributed by atoms with Crippen molar-refractivity contribution in [2.75, 3.05) is 40.4 Å². The van der Waals surface area contributed by atoms with E-state index >= 15 is 0 Å². The molecule has 1 aliphatic carbocycles. The van der Waals surface area contributed by atoms with Crippen molar-refractivity contribution >= 4 is 22.4 Å². The number of ether oxygens (including phenoxy) is 2. The fourth-order valence-corrected chi connectivity index (χ4v) is 6.74. The Bertz CT molecular complexity index is 1070. The molecule has 0 aromatic heterocycles. The van der Waals surface area contributed by atoms with Crippen molar-refractivity contribution < 1.29 is 17.9 Å². The molecule has 0 saturated carbocycles. The summed E-state index contributed by atoms with van der Waals surface area (Å²) in [6.45, 7) is 6.75. The maximum absolute atomic E-state index is 13.1. The van der Waals surface area contributed by atoms with Crippen LogP contribution >= 0.6 is 12.4 Å². The Morgan fingerprint density at radius 2 is 1.85 bits per heavy atom. The fourth-order valence-electron chi connectivity index (χ4n) is 5.25. The van der Waals surface area contributed by atoms with Crippen LogP contribution in [0.15, 0.2) is 35.2 Å². The van der Waals surface area contributed by atoms with E-state index < -0.39 is 10.0 Å². The van der Waals surface area contributed by atoms with Crippen LogP contribution in [0.1, 0.15) is 48.1 Å². The van der Waals surface area contributed by atoms with Gasteiger partial charge >= 0.3 is 0 Å². The number of benzene rings is 2. The highest BCUT2D eigenvalue weighted by atomic mass is 35.5. The number of hydrogen-bond donors (Lipinski definition) is 0. The number of rotatable bonds is 9. The fraction of sp³-hybridized carbons (Fsp3) is 0.520. The SMILES string of the molecule is CCN(CCCN1CCc2cc(OC)c(OC)c3c2C1CC3)S(=O)(=O)c1ccc(C)cc1.Cl. The van der Waals surface area contributed by atoms with E-state index in [9.17, 15) is 8.42 Å². The van der Waals surface area contributed by atoms with Gasteiger partial charge in [-0.05, 0) is 61.9 Å². The minimum atomic E-state index is -3.46. The normalized spacial score (nSPS) is 17.5. The van der Waals surface area contributed by atoms with Gasteiger partial charge in [0.1, 0.15) is 0 Å². The molecule has 1 unspecified atom stereocenters. The highest BCUT2D eigenvalue weighted by molar-refractivity contribution is 7.89. The highest BCUT2D eigenvalue weighted by Gasteiger charge is 2.36. The molecule has 0 fully saturated rings. The Morgan fingerprint density at radius 1 is 1.12 bits per heavy atom. The molecule has 2 aromatic rings. The van der Waals surface area contributed by atoms with Gasteiger partial charge in [-0.1, -0.05) is 24.6 Å². The van der Waals surface area contributed by atoms with Crippen LogP contribution < -0.4 is 9.47 Å². The largest absolute Gasteiger partial charge is 0.493 e. The molecule has 4 rings (SSSR count). The second-order valence-corrected chi connectivity index (χ2v) is 10.6. The first-order valence-corrected chi connectivity index (χ1v) is 12.9. The molecule has 0 bridgehead atoms. The lowest BCUT2D eigenvalue weighted by Crippen LogP contribution is -2.38. The summed E-state index contributed by atoms with van der Waals surface area (Å²) in [6, 6.07) is 9.64. The van der Waals surface area contributed by atoms with Crippen molar-refractivity contribution in [2.24, 2.45) is 0 Å². The molecule has 1 aliphatic heterocycles. The van der Waals surface area contributed by atoms with Gasteiger partial charge in [0, 0.05) is 37.8 Å². The number of sulfonamides is 1. The van der Waals surface area contributed by atoms with E-state index in [1.165, 1.54) is 16.7 Å². The van der Waals surface area contributed by atoms with E-state index in [2.05, 4.69) is 11.0 Å². The smallest absolute Gasteiger partial charge is 0.243 e. The second-order valence-electron chi connectivity index (χ2n) is 8.67. The van der Waals surface area contributed by atoms with Gasteiger partial charge in [0.15, 0.2) is 11.5 Å². The maximum Gasteiger partial charge on any atom is 0.243 e. The maximum atomic E-state index is 13.1. The molecule has 1 heterocycles. The van der Waals surface area contributed by atoms with Crippen LogP contribution in [0.4, 0.5) is 0 Å². The molecular formula is C25H35ClN2O4S. The zero-order chi connectivity index (χ0) is 22.9. The van der Waals surface area contributed by atoms with E-state index in [0.29, 0.717) is 24.0 Å². The van der Waals surface area contributed by atoms with Gasteiger partial charge in [-0.25, -0.2) is 8.42 Å². The Morgan fingerprint density at radius 3 is 2.48 bits per heavy atom. The predicted octanol–water partition coefficient (Wildman–Crippen LogP) is 4.38. The summed E-state index contributed by atoms with van der Waals surface area (Å²) in [5.74, 6) is 1.70. The standard InChI is InChI=1S/C25H34N2O4S.ClH/c1-5-27(32(28,29)20-9-7-18(2)8-10-20)15-6-14-26-16-13-19-17-23(30-3)25(31-4)21-11-12-22(26)24(19)21;/h7-10,17,22H,5-6,11-16H2,1-4H3;1H. The average Bonchev–Trinajstić information content (AvgIpc) is 3.24. The summed E-state index contributed by atoms with van der Waals surface area (Å²) in [5.41, 5.74) is 5.12. The van der Waals surface area contributed by atoms with Crippen molar-refractivity contribution in [1.29, 1.82) is 0 Å². The Hall–Kier alpha value is -1.80. The van der Waals surface area contributed by atoms with Gasteiger partial charge in [-0.2, -0.15) is 4.31 Å². The number of aryl methyl sites for hydroxylation is 1. The highest BCUT2D eigenvalue weighted by Crippen LogP contribution is 2.48. The molecule has 8 heteroatoms. The number of methoxy groups -OCH3 is 2. The van der Waals surface area contributed by atoms with Crippen LogP contribution in [-0.2, 0) is 22.9 Å². The topological polar surface area (TPSA) is 59.1 Å². The van der Waals surface area contributed by atoms with Crippen molar-refractivity contribution in [3.05, 3.63) is 52.6 Å². The molecule has 182 valence electrons. The first-order valence-electron chi connectivity index (χ1n) is 11.5. The molecule has 33 heavy (non-hydrogen) atoms. The van der Waals surface area contributed by atoms with E-state index in [1.807, 2.05) is 26.0 Å². The number of nitrogens with zero attached hydrogens (tertiary/aromatic N) is 2. The minimum Gasteiger partial charge on any atom is -0.493 e. The van der Waals surface area contributed by atoms with Gasteiger partial charge in [0.2, 0.25) is 10.0 Å². The molecule has 0 spiro atoms. The van der Waals surface area contributed by atoms with Gasteiger partial charge in [0.05, 0.1) is 19.1 Å². The first kappa shape index (κ1) is 25.8. The van der Waals surface area contributed by atoms with E-state index in [4.69, 9.17) is 9.47 Å². The summed E-state index contributed by atoms with van der Waals surface area (Å²) < 4.78 is 39.0. The summed E-state index contributed by atoms with van der Waals surface area (Å²) in [6.07, 6.45) is 3.86. The van der Waals surface area contributed by atoms with E-state index in [-0.39, 0.29) is 12.4 Å². The number of hydrogen-bond acceptors (Lipinski definition) is 5. The Kier molecular flexibility index (Phi) is 8.32. The van der Waals surface area contributed by atoms with Crippen molar-refractivity contribution in [3.8, 4) is 11.5 Å². The Balaban J connectivity index is 0.00000306. The third-order valence-electron chi connectivity index (χ3n) is 6.87. The van der Waals surface area contributed by atoms with Gasteiger partial charge in [-0.15, -0.1) is 12.4 Å². The van der Waals surface area contributed by atoms with Gasteiger partial charge < -0.3 is 9.47 Å². The van der Waals surface area contributed by atoms with Crippen LogP contribution in [0, 0.1) is 6.92 Å². The summed E-state index contributed by atoms with van der Waals surface area (Å²) in [4.78, 5) is 2.90. The lowest BCUT2D eigenvalue weighted by molar-refractivity contribution is 0.179. The lowest BCUT2D eigenvalue weighted by atomic mass is 9.92. The van der Waals surface area contributed by atoms with Crippen molar-refractivity contribution in [2.45, 2.75) is 50.5 Å². The third kappa shape index (κ3) is 4.87. The molecule has 0 N–H and O–H groups in total. The molecule has 1 atom stereocenters. The molecule has 6 nitrogen and oxygen atoms in total. The van der Waals surface area contributed by atoms with Crippen LogP contribution in [-0.4, -0.2) is 58.0 Å². The molecule has 0 saturated heterocycles. The molecule has 2 aromatic carbocycles. The van der Waals surface area contributed by atoms with Crippen LogP contribution in [0.3, 0.4) is 0 Å². The van der Waals surface area contributed by atoms with Crippen molar-refractivity contribution in [1.82, 2.24) is 9.21 Å². The van der Waals surface area contributed by atoms with Crippen molar-refractivity contribution in [3.63, 3.8) is 0 Å². The minimum absolute atomic E-state index is 0. The molecule has 2 aliphatic rings. The van der Waals surface area contributed by atoms with Crippen LogP contribution in [0.5, 0.6) is 11.5 Å². The zero-order valence-electron chi connectivity index (χ0n) is 20.0. The quantitative estimate of drug-likeness (QED) is 0.517. The first-order chi connectivity index (χ1) is 15.4. The summed E-state index contributed by atoms with van der Waals surface area (Å²) >= 11 is 0. The molecule has 0 radical (unpaired) electrons. The van der Waals surface area contributed by atoms with Crippen LogP contribution in [0.2, 0.25) is 0 Å². The van der Waals surface area contributed by atoms with Gasteiger partial charge in [-0.3, -0.25) is 4.90 Å². The third-order valence-corrected chi connectivity index (χ3v) is 8.86. The monoisotopic (exact) mass is 494 g/mol. The molecule has 0 amide bonds. The van der Waals surface area contributed by atoms with E-state index in [0.717, 1.165) is 55.8 Å². The van der Waals surface area contributed by atoms with Gasteiger partial charge in [0.25, 0.3) is 0 Å². The van der Waals surface area contributed by atoms with Crippen LogP contribution in [0.25, 0.3) is 0 Å². The Labute approximate surface area is 204 Å². The van der Waals surface area contributed by atoms with E-state index in [1.54, 1.807) is 30.7 Å². The predicted molar refractivity (Wildman–Crippen MR) is 133 cm³/mol. The second kappa shape index (κ2) is 10.6.